The van der Waals surface area contributed by atoms with Gasteiger partial charge < -0.3 is 19.5 Å². The molecule has 0 saturated carbocycles. The molecular formula is C19H23NO4. The van der Waals surface area contributed by atoms with Gasteiger partial charge in [0.05, 0.1) is 13.7 Å². The zero-order chi connectivity index (χ0) is 17.2. The maximum atomic E-state index is 11.9. The highest BCUT2D eigenvalue weighted by atomic mass is 16.5. The zero-order valence-electron chi connectivity index (χ0n) is 14.1. The molecule has 0 radical (unpaired) electrons. The molecule has 2 aromatic carbocycles. The van der Waals surface area contributed by atoms with Crippen LogP contribution in [0, 0.1) is 0 Å². The second kappa shape index (κ2) is 9.45. The summed E-state index contributed by atoms with van der Waals surface area (Å²) in [7, 11) is 1.58. The molecule has 5 heteroatoms. The van der Waals surface area contributed by atoms with Gasteiger partial charge in [-0.1, -0.05) is 19.4 Å². The number of benzene rings is 2. The predicted molar refractivity (Wildman–Crippen MR) is 94.0 cm³/mol. The lowest BCUT2D eigenvalue weighted by atomic mass is 10.3. The fraction of sp³-hybridized carbons (Fsp3) is 0.316. The summed E-state index contributed by atoms with van der Waals surface area (Å²) in [6.45, 7) is 2.76. The lowest BCUT2D eigenvalue weighted by Gasteiger charge is -2.09. The Labute approximate surface area is 142 Å². The first-order chi connectivity index (χ1) is 11.7. The van der Waals surface area contributed by atoms with E-state index in [4.69, 9.17) is 14.2 Å². The van der Waals surface area contributed by atoms with Crippen LogP contribution in [0.5, 0.6) is 17.2 Å². The van der Waals surface area contributed by atoms with Gasteiger partial charge in [-0.2, -0.15) is 0 Å². The van der Waals surface area contributed by atoms with E-state index in [1.807, 2.05) is 36.4 Å². The molecule has 0 saturated heterocycles. The number of hydrogen-bond donors (Lipinski definition) is 1. The maximum absolute atomic E-state index is 11.9. The maximum Gasteiger partial charge on any atom is 0.262 e. The average Bonchev–Trinajstić information content (AvgIpc) is 2.62. The third-order valence-electron chi connectivity index (χ3n) is 3.32. The van der Waals surface area contributed by atoms with Crippen LogP contribution < -0.4 is 19.5 Å². The number of hydrogen-bond acceptors (Lipinski definition) is 4. The van der Waals surface area contributed by atoms with E-state index in [1.54, 1.807) is 19.2 Å². The number of methoxy groups -OCH3 is 1. The van der Waals surface area contributed by atoms with Gasteiger partial charge in [0.1, 0.15) is 17.2 Å². The second-order valence-electron chi connectivity index (χ2n) is 5.24. The fourth-order valence-corrected chi connectivity index (χ4v) is 2.01. The van der Waals surface area contributed by atoms with Crippen LogP contribution in [-0.4, -0.2) is 26.2 Å². The lowest BCUT2D eigenvalue weighted by molar-refractivity contribution is -0.118. The molecule has 0 aromatic heterocycles. The van der Waals surface area contributed by atoms with Gasteiger partial charge in [-0.25, -0.2) is 0 Å². The minimum absolute atomic E-state index is 0.0675. The molecule has 0 bridgehead atoms. The number of ether oxygens (including phenoxy) is 3. The van der Waals surface area contributed by atoms with Gasteiger partial charge in [0, 0.05) is 11.8 Å². The van der Waals surface area contributed by atoms with Gasteiger partial charge >= 0.3 is 0 Å². The summed E-state index contributed by atoms with van der Waals surface area (Å²) in [6, 6.07) is 14.4. The van der Waals surface area contributed by atoms with Crippen LogP contribution in [0.15, 0.2) is 48.5 Å². The Hall–Kier alpha value is -2.69. The van der Waals surface area contributed by atoms with Crippen molar-refractivity contribution in [2.45, 2.75) is 19.8 Å². The average molecular weight is 329 g/mol. The molecule has 0 spiro atoms. The van der Waals surface area contributed by atoms with Crippen molar-refractivity contribution in [1.29, 1.82) is 0 Å². The van der Waals surface area contributed by atoms with E-state index in [9.17, 15) is 4.79 Å². The van der Waals surface area contributed by atoms with Crippen molar-refractivity contribution in [1.82, 2.24) is 0 Å². The van der Waals surface area contributed by atoms with Crippen LogP contribution in [0.4, 0.5) is 5.69 Å². The van der Waals surface area contributed by atoms with Gasteiger partial charge in [0.2, 0.25) is 0 Å². The number of rotatable bonds is 9. The first-order valence-corrected chi connectivity index (χ1v) is 8.01. The number of amides is 1. The molecule has 128 valence electrons. The Morgan fingerprint density at radius 2 is 1.75 bits per heavy atom. The van der Waals surface area contributed by atoms with Crippen molar-refractivity contribution >= 4 is 11.6 Å². The van der Waals surface area contributed by atoms with Crippen LogP contribution in [-0.2, 0) is 4.79 Å². The first-order valence-electron chi connectivity index (χ1n) is 8.01. The van der Waals surface area contributed by atoms with Crippen LogP contribution in [0.1, 0.15) is 19.8 Å². The van der Waals surface area contributed by atoms with E-state index in [1.165, 1.54) is 0 Å². The van der Waals surface area contributed by atoms with Gasteiger partial charge in [0.15, 0.2) is 6.61 Å². The Morgan fingerprint density at radius 1 is 1.00 bits per heavy atom. The number of anilines is 1. The molecule has 0 heterocycles. The minimum Gasteiger partial charge on any atom is -0.497 e. The molecular weight excluding hydrogens is 306 g/mol. The summed E-state index contributed by atoms with van der Waals surface area (Å²) in [6.07, 6.45) is 2.13. The Kier molecular flexibility index (Phi) is 6.95. The largest absolute Gasteiger partial charge is 0.497 e. The molecule has 2 aromatic rings. The second-order valence-corrected chi connectivity index (χ2v) is 5.24. The van der Waals surface area contributed by atoms with Gasteiger partial charge in [0.25, 0.3) is 5.91 Å². The molecule has 0 unspecified atom stereocenters. The van der Waals surface area contributed by atoms with Gasteiger partial charge in [-0.15, -0.1) is 0 Å². The Morgan fingerprint density at radius 3 is 2.46 bits per heavy atom. The summed E-state index contributed by atoms with van der Waals surface area (Å²) >= 11 is 0. The highest BCUT2D eigenvalue weighted by Gasteiger charge is 2.05. The molecule has 0 aliphatic rings. The monoisotopic (exact) mass is 329 g/mol. The Balaban J connectivity index is 1.79. The van der Waals surface area contributed by atoms with Gasteiger partial charge in [-0.05, 0) is 42.8 Å². The third-order valence-corrected chi connectivity index (χ3v) is 3.32. The molecule has 24 heavy (non-hydrogen) atoms. The van der Waals surface area contributed by atoms with E-state index >= 15 is 0 Å². The molecule has 0 atom stereocenters. The summed E-state index contributed by atoms with van der Waals surface area (Å²) in [5.41, 5.74) is 0.706. The van der Waals surface area contributed by atoms with Crippen LogP contribution >= 0.6 is 0 Å². The zero-order valence-corrected chi connectivity index (χ0v) is 14.1. The predicted octanol–water partition coefficient (Wildman–Crippen LogP) is 3.89. The van der Waals surface area contributed by atoms with E-state index in [0.29, 0.717) is 23.8 Å². The van der Waals surface area contributed by atoms with Crippen molar-refractivity contribution in [3.63, 3.8) is 0 Å². The number of carbonyl (C=O) groups excluding carboxylic acids is 1. The molecule has 0 aliphatic heterocycles. The van der Waals surface area contributed by atoms with E-state index in [-0.39, 0.29) is 12.5 Å². The summed E-state index contributed by atoms with van der Waals surface area (Å²) in [4.78, 5) is 11.9. The standard InChI is InChI=1S/C19H23NO4/c1-3-4-12-23-16-10-8-15(9-11-16)20-19(21)14-24-18-7-5-6-17(13-18)22-2/h5-11,13H,3-4,12,14H2,1-2H3,(H,20,21). The highest BCUT2D eigenvalue weighted by molar-refractivity contribution is 5.91. The topological polar surface area (TPSA) is 56.8 Å². The van der Waals surface area contributed by atoms with Crippen LogP contribution in [0.25, 0.3) is 0 Å². The molecule has 0 fully saturated rings. The fourth-order valence-electron chi connectivity index (χ4n) is 2.01. The molecule has 1 amide bonds. The normalized spacial score (nSPS) is 10.1. The smallest absolute Gasteiger partial charge is 0.262 e. The first kappa shape index (κ1) is 17.7. The molecule has 0 aliphatic carbocycles. The van der Waals surface area contributed by atoms with Crippen molar-refractivity contribution < 1.29 is 19.0 Å². The van der Waals surface area contributed by atoms with E-state index < -0.39 is 0 Å². The SMILES string of the molecule is CCCCOc1ccc(NC(=O)COc2cccc(OC)c2)cc1. The summed E-state index contributed by atoms with van der Waals surface area (Å²) in [5, 5.41) is 2.78. The third kappa shape index (κ3) is 5.83. The van der Waals surface area contributed by atoms with E-state index in [0.717, 1.165) is 18.6 Å². The highest BCUT2D eigenvalue weighted by Crippen LogP contribution is 2.19. The van der Waals surface area contributed by atoms with E-state index in [2.05, 4.69) is 12.2 Å². The van der Waals surface area contributed by atoms with Crippen molar-refractivity contribution in [2.75, 3.05) is 25.6 Å². The minimum atomic E-state index is -0.225. The van der Waals surface area contributed by atoms with Crippen molar-refractivity contribution in [2.24, 2.45) is 0 Å². The number of unbranched alkanes of at least 4 members (excludes halogenated alkanes) is 1. The quantitative estimate of drug-likeness (QED) is 0.709. The molecule has 5 nitrogen and oxygen atoms in total. The number of carbonyl (C=O) groups is 1. The Bertz CT molecular complexity index is 640. The molecule has 1 N–H and O–H groups in total. The van der Waals surface area contributed by atoms with Crippen molar-refractivity contribution in [3.8, 4) is 17.2 Å². The summed E-state index contributed by atoms with van der Waals surface area (Å²) in [5.74, 6) is 1.85. The van der Waals surface area contributed by atoms with Gasteiger partial charge in [-0.3, -0.25) is 4.79 Å². The molecule has 2 rings (SSSR count). The lowest BCUT2D eigenvalue weighted by Crippen LogP contribution is -2.20. The number of nitrogens with one attached hydrogen (secondary N) is 1. The summed E-state index contributed by atoms with van der Waals surface area (Å²) < 4.78 is 16.2. The van der Waals surface area contributed by atoms with Crippen LogP contribution in [0.2, 0.25) is 0 Å². The van der Waals surface area contributed by atoms with Crippen LogP contribution in [0.3, 0.4) is 0 Å². The van der Waals surface area contributed by atoms with Crippen molar-refractivity contribution in [3.05, 3.63) is 48.5 Å².